The van der Waals surface area contributed by atoms with Gasteiger partial charge in [-0.05, 0) is 29.7 Å². The predicted molar refractivity (Wildman–Crippen MR) is 81.6 cm³/mol. The molecule has 0 aromatic heterocycles. The Hall–Kier alpha value is -1.81. The highest BCUT2D eigenvalue weighted by atomic mass is 35.5. The molecule has 0 heterocycles. The first-order valence-corrected chi connectivity index (χ1v) is 6.99. The number of halogens is 1. The Morgan fingerprint density at radius 1 is 1.05 bits per heavy atom. The fourth-order valence-electron chi connectivity index (χ4n) is 1.72. The van der Waals surface area contributed by atoms with E-state index in [1.54, 1.807) is 12.1 Å². The third-order valence-electron chi connectivity index (χ3n) is 2.69. The maximum Gasteiger partial charge on any atom is 0.305 e. The van der Waals surface area contributed by atoms with Gasteiger partial charge in [-0.1, -0.05) is 37.6 Å². The molecule has 1 rings (SSSR count). The van der Waals surface area contributed by atoms with Gasteiger partial charge in [-0.25, -0.2) is 0 Å². The van der Waals surface area contributed by atoms with Crippen molar-refractivity contribution in [1.82, 2.24) is 0 Å². The second kappa shape index (κ2) is 7.84. The van der Waals surface area contributed by atoms with Crippen molar-refractivity contribution in [3.05, 3.63) is 40.4 Å². The van der Waals surface area contributed by atoms with Gasteiger partial charge in [-0.15, -0.1) is 0 Å². The van der Waals surface area contributed by atoms with Crippen LogP contribution in [-0.4, -0.2) is 18.2 Å². The number of rotatable bonds is 5. The summed E-state index contributed by atoms with van der Waals surface area (Å²) in [4.78, 5) is 22.4. The third-order valence-corrected chi connectivity index (χ3v) is 2.94. The lowest BCUT2D eigenvalue weighted by Gasteiger charge is -2.22. The summed E-state index contributed by atoms with van der Waals surface area (Å²) < 4.78 is 10.2. The topological polar surface area (TPSA) is 52.6 Å². The SMILES string of the molecule is CC(=O)OC(OC(C)=O)C(=Cc1ccc(Cl)cc1)C(C)C. The minimum Gasteiger partial charge on any atom is -0.421 e. The summed E-state index contributed by atoms with van der Waals surface area (Å²) in [6.07, 6.45) is 0.813. The molecule has 0 spiro atoms. The van der Waals surface area contributed by atoms with E-state index in [4.69, 9.17) is 21.1 Å². The van der Waals surface area contributed by atoms with E-state index < -0.39 is 18.2 Å². The number of esters is 2. The molecule has 0 unspecified atom stereocenters. The molecule has 0 atom stereocenters. The van der Waals surface area contributed by atoms with Gasteiger partial charge in [0.1, 0.15) is 0 Å². The zero-order valence-corrected chi connectivity index (χ0v) is 13.3. The predicted octanol–water partition coefficient (Wildman–Crippen LogP) is 3.83. The molecule has 5 heteroatoms. The monoisotopic (exact) mass is 310 g/mol. The molecule has 0 fully saturated rings. The van der Waals surface area contributed by atoms with Crippen molar-refractivity contribution in [1.29, 1.82) is 0 Å². The van der Waals surface area contributed by atoms with Gasteiger partial charge in [-0.3, -0.25) is 9.59 Å². The van der Waals surface area contributed by atoms with Crippen LogP contribution < -0.4 is 0 Å². The quantitative estimate of drug-likeness (QED) is 0.612. The molecule has 1 aromatic rings. The van der Waals surface area contributed by atoms with Crippen LogP contribution in [0.5, 0.6) is 0 Å². The Kier molecular flexibility index (Phi) is 6.43. The number of carbonyl (C=O) groups is 2. The molecule has 0 bridgehead atoms. The average Bonchev–Trinajstić information content (AvgIpc) is 2.35. The highest BCUT2D eigenvalue weighted by Gasteiger charge is 2.23. The molecule has 1 aromatic carbocycles. The number of carbonyl (C=O) groups excluding carboxylic acids is 2. The minimum atomic E-state index is -1.02. The van der Waals surface area contributed by atoms with E-state index in [-0.39, 0.29) is 5.92 Å². The van der Waals surface area contributed by atoms with Gasteiger partial charge in [0, 0.05) is 24.4 Å². The first-order valence-electron chi connectivity index (χ1n) is 6.61. The van der Waals surface area contributed by atoms with Gasteiger partial charge in [0.25, 0.3) is 6.29 Å². The Morgan fingerprint density at radius 3 is 1.90 bits per heavy atom. The largest absolute Gasteiger partial charge is 0.421 e. The fraction of sp³-hybridized carbons (Fsp3) is 0.375. The smallest absolute Gasteiger partial charge is 0.305 e. The van der Waals surface area contributed by atoms with Crippen molar-refractivity contribution >= 4 is 29.6 Å². The second-order valence-electron chi connectivity index (χ2n) is 4.90. The third kappa shape index (κ3) is 6.00. The zero-order chi connectivity index (χ0) is 16.0. The molecule has 0 N–H and O–H groups in total. The normalized spacial score (nSPS) is 11.7. The van der Waals surface area contributed by atoms with E-state index in [1.807, 2.05) is 32.1 Å². The summed E-state index contributed by atoms with van der Waals surface area (Å²) in [5, 5.41) is 0.634. The molecule has 21 heavy (non-hydrogen) atoms. The van der Waals surface area contributed by atoms with Gasteiger partial charge in [-0.2, -0.15) is 0 Å². The van der Waals surface area contributed by atoms with Crippen LogP contribution in [0.4, 0.5) is 0 Å². The van der Waals surface area contributed by atoms with Crippen LogP contribution in [0, 0.1) is 5.92 Å². The number of ether oxygens (including phenoxy) is 2. The minimum absolute atomic E-state index is 0.0318. The average molecular weight is 311 g/mol. The van der Waals surface area contributed by atoms with Crippen LogP contribution in [-0.2, 0) is 19.1 Å². The molecule has 0 aliphatic carbocycles. The summed E-state index contributed by atoms with van der Waals surface area (Å²) in [6, 6.07) is 7.20. The van der Waals surface area contributed by atoms with Crippen LogP contribution in [0.1, 0.15) is 33.3 Å². The van der Waals surface area contributed by atoms with Crippen LogP contribution >= 0.6 is 11.6 Å². The van der Waals surface area contributed by atoms with Crippen LogP contribution in [0.3, 0.4) is 0 Å². The summed E-state index contributed by atoms with van der Waals surface area (Å²) in [6.45, 7) is 6.41. The Bertz CT molecular complexity index is 516. The lowest BCUT2D eigenvalue weighted by Crippen LogP contribution is -2.26. The van der Waals surface area contributed by atoms with Crippen molar-refractivity contribution in [3.63, 3.8) is 0 Å². The molecular weight excluding hydrogens is 292 g/mol. The van der Waals surface area contributed by atoms with Crippen molar-refractivity contribution in [2.75, 3.05) is 0 Å². The van der Waals surface area contributed by atoms with E-state index in [0.717, 1.165) is 5.56 Å². The van der Waals surface area contributed by atoms with Crippen LogP contribution in [0.15, 0.2) is 29.8 Å². The summed E-state index contributed by atoms with van der Waals surface area (Å²) in [5.74, 6) is -0.989. The molecule has 114 valence electrons. The van der Waals surface area contributed by atoms with Crippen LogP contribution in [0.25, 0.3) is 6.08 Å². The summed E-state index contributed by atoms with van der Waals surface area (Å²) in [7, 11) is 0. The van der Waals surface area contributed by atoms with E-state index in [1.165, 1.54) is 13.8 Å². The highest BCUT2D eigenvalue weighted by molar-refractivity contribution is 6.30. The fourth-order valence-corrected chi connectivity index (χ4v) is 1.85. The van der Waals surface area contributed by atoms with Gasteiger partial charge >= 0.3 is 11.9 Å². The maximum absolute atomic E-state index is 11.2. The van der Waals surface area contributed by atoms with Crippen molar-refractivity contribution < 1.29 is 19.1 Å². The molecule has 4 nitrogen and oxygen atoms in total. The molecule has 0 radical (unpaired) electrons. The molecule has 0 amide bonds. The highest BCUT2D eigenvalue weighted by Crippen LogP contribution is 2.23. The van der Waals surface area contributed by atoms with E-state index in [9.17, 15) is 9.59 Å². The second-order valence-corrected chi connectivity index (χ2v) is 5.34. The first kappa shape index (κ1) is 17.2. The van der Waals surface area contributed by atoms with Gasteiger partial charge < -0.3 is 9.47 Å². The van der Waals surface area contributed by atoms with E-state index >= 15 is 0 Å². The van der Waals surface area contributed by atoms with Gasteiger partial charge in [0.2, 0.25) is 0 Å². The lowest BCUT2D eigenvalue weighted by molar-refractivity contribution is -0.178. The van der Waals surface area contributed by atoms with Crippen LogP contribution in [0.2, 0.25) is 5.02 Å². The molecule has 0 aliphatic rings. The van der Waals surface area contributed by atoms with E-state index in [0.29, 0.717) is 10.6 Å². The number of hydrogen-bond donors (Lipinski definition) is 0. The van der Waals surface area contributed by atoms with E-state index in [2.05, 4.69) is 0 Å². The Balaban J connectivity index is 3.13. The Labute approximate surface area is 129 Å². The summed E-state index contributed by atoms with van der Waals surface area (Å²) in [5.41, 5.74) is 1.58. The maximum atomic E-state index is 11.2. The molecule has 0 aliphatic heterocycles. The summed E-state index contributed by atoms with van der Waals surface area (Å²) >= 11 is 5.85. The number of hydrogen-bond acceptors (Lipinski definition) is 4. The molecule has 0 saturated heterocycles. The van der Waals surface area contributed by atoms with Gasteiger partial charge in [0.15, 0.2) is 0 Å². The standard InChI is InChI=1S/C16H19ClO4/c1-10(2)15(9-13-5-7-14(17)8-6-13)16(20-11(3)18)21-12(4)19/h5-10,16H,1-4H3. The first-order chi connectivity index (χ1) is 9.79. The molecular formula is C16H19ClO4. The van der Waals surface area contributed by atoms with Crippen molar-refractivity contribution in [2.45, 2.75) is 34.0 Å². The zero-order valence-electron chi connectivity index (χ0n) is 12.6. The van der Waals surface area contributed by atoms with Gasteiger partial charge in [0.05, 0.1) is 0 Å². The van der Waals surface area contributed by atoms with Crippen molar-refractivity contribution in [2.24, 2.45) is 5.92 Å². The Morgan fingerprint density at radius 2 is 1.52 bits per heavy atom. The number of benzene rings is 1. The molecule has 0 saturated carbocycles. The van der Waals surface area contributed by atoms with Crippen molar-refractivity contribution in [3.8, 4) is 0 Å². The lowest BCUT2D eigenvalue weighted by atomic mass is 9.99.